The molecule has 0 aromatic heterocycles. The van der Waals surface area contributed by atoms with Crippen molar-refractivity contribution >= 4 is 43.9 Å². The summed E-state index contributed by atoms with van der Waals surface area (Å²) >= 11 is 0. The molecule has 184 valence electrons. The predicted molar refractivity (Wildman–Crippen MR) is 133 cm³/mol. The van der Waals surface area contributed by atoms with Crippen molar-refractivity contribution in [2.75, 3.05) is 5.48 Å². The van der Waals surface area contributed by atoms with Crippen LogP contribution in [-0.4, -0.2) is 29.2 Å². The Bertz CT molecular complexity index is 1630. The molecular formula is C25H21N3O7S. The van der Waals surface area contributed by atoms with E-state index in [-0.39, 0.29) is 11.3 Å². The molecule has 11 heteroatoms. The van der Waals surface area contributed by atoms with Crippen molar-refractivity contribution in [2.24, 2.45) is 10.2 Å². The first-order valence-electron chi connectivity index (χ1n) is 10.6. The molecule has 0 bridgehead atoms. The van der Waals surface area contributed by atoms with Gasteiger partial charge in [-0.05, 0) is 49.1 Å². The largest absolute Gasteiger partial charge is 0.506 e. The van der Waals surface area contributed by atoms with E-state index in [1.54, 1.807) is 30.3 Å². The quantitative estimate of drug-likeness (QED) is 0.147. The average molecular weight is 508 g/mol. The van der Waals surface area contributed by atoms with E-state index in [1.807, 2.05) is 26.0 Å². The minimum absolute atomic E-state index is 0.170. The summed E-state index contributed by atoms with van der Waals surface area (Å²) in [6.07, 6.45) is 0. The molecule has 4 rings (SSSR count). The van der Waals surface area contributed by atoms with Crippen LogP contribution in [0.15, 0.2) is 81.9 Å². The highest BCUT2D eigenvalue weighted by Crippen LogP contribution is 2.41. The fourth-order valence-corrected chi connectivity index (χ4v) is 4.22. The summed E-state index contributed by atoms with van der Waals surface area (Å²) in [5.41, 5.74) is 4.09. The summed E-state index contributed by atoms with van der Waals surface area (Å²) in [7, 11) is -4.73. The summed E-state index contributed by atoms with van der Waals surface area (Å²) in [4.78, 5) is 17.4. The molecule has 36 heavy (non-hydrogen) atoms. The molecule has 0 aliphatic carbocycles. The minimum atomic E-state index is -4.73. The molecule has 0 spiro atoms. The number of nitrogens with one attached hydrogen (secondary N) is 1. The number of anilines is 1. The smallest absolute Gasteiger partial charge is 0.366 e. The average Bonchev–Trinajstić information content (AvgIpc) is 2.82. The number of rotatable bonds is 6. The van der Waals surface area contributed by atoms with E-state index in [2.05, 4.69) is 15.7 Å². The van der Waals surface area contributed by atoms with Crippen LogP contribution in [0, 0.1) is 13.8 Å². The number of nitrogens with zero attached hydrogens (tertiary/aromatic N) is 2. The van der Waals surface area contributed by atoms with E-state index in [9.17, 15) is 28.0 Å². The molecule has 0 fully saturated rings. The number of aryl methyl sites for hydroxylation is 2. The zero-order valence-electron chi connectivity index (χ0n) is 19.1. The molecule has 0 aliphatic rings. The van der Waals surface area contributed by atoms with Gasteiger partial charge in [-0.15, -0.1) is 10.2 Å². The van der Waals surface area contributed by atoms with Crippen molar-refractivity contribution in [1.29, 1.82) is 0 Å². The lowest BCUT2D eigenvalue weighted by Crippen LogP contribution is -2.12. The number of hydrogen-bond donors (Lipinski definition) is 4. The third kappa shape index (κ3) is 4.97. The van der Waals surface area contributed by atoms with Gasteiger partial charge in [-0.1, -0.05) is 48.0 Å². The van der Waals surface area contributed by atoms with Crippen molar-refractivity contribution in [1.82, 2.24) is 0 Å². The van der Waals surface area contributed by atoms with Gasteiger partial charge in [-0.2, -0.15) is 8.42 Å². The summed E-state index contributed by atoms with van der Waals surface area (Å²) in [5, 5.41) is 29.6. The SMILES string of the molecule is Cc1ccc(NOC(=O)c2cc3ccccc3c(N=Nc3c(O)cccc3S(=O)(=O)O)c2O)c(C)c1. The Balaban J connectivity index is 1.76. The van der Waals surface area contributed by atoms with Crippen LogP contribution in [0.1, 0.15) is 21.5 Å². The Morgan fingerprint density at radius 2 is 1.64 bits per heavy atom. The number of carbonyl (C=O) groups is 1. The third-order valence-electron chi connectivity index (χ3n) is 5.36. The minimum Gasteiger partial charge on any atom is -0.506 e. The van der Waals surface area contributed by atoms with Crippen molar-refractivity contribution in [2.45, 2.75) is 18.7 Å². The molecule has 0 amide bonds. The van der Waals surface area contributed by atoms with Crippen molar-refractivity contribution < 1.29 is 32.8 Å². The van der Waals surface area contributed by atoms with Gasteiger partial charge in [0.25, 0.3) is 10.1 Å². The highest BCUT2D eigenvalue weighted by Gasteiger charge is 2.22. The Hall–Kier alpha value is -4.48. The third-order valence-corrected chi connectivity index (χ3v) is 6.24. The summed E-state index contributed by atoms with van der Waals surface area (Å²) in [5.74, 6) is -2.05. The maximum absolute atomic E-state index is 12.9. The molecule has 4 aromatic carbocycles. The van der Waals surface area contributed by atoms with Crippen LogP contribution >= 0.6 is 0 Å². The van der Waals surface area contributed by atoms with Gasteiger partial charge in [-0.25, -0.2) is 10.3 Å². The number of aromatic hydroxyl groups is 2. The molecule has 0 aliphatic heterocycles. The van der Waals surface area contributed by atoms with Crippen LogP contribution in [0.3, 0.4) is 0 Å². The zero-order valence-corrected chi connectivity index (χ0v) is 19.9. The Morgan fingerprint density at radius 3 is 2.36 bits per heavy atom. The molecule has 0 radical (unpaired) electrons. The summed E-state index contributed by atoms with van der Waals surface area (Å²) in [6.45, 7) is 3.77. The first-order chi connectivity index (χ1) is 17.1. The first-order valence-corrected chi connectivity index (χ1v) is 12.0. The number of phenolic OH excluding ortho intramolecular Hbond substituents is 2. The second kappa shape index (κ2) is 9.64. The maximum atomic E-state index is 12.9. The van der Waals surface area contributed by atoms with Gasteiger partial charge in [0, 0.05) is 5.39 Å². The van der Waals surface area contributed by atoms with Gasteiger partial charge in [0.2, 0.25) is 0 Å². The van der Waals surface area contributed by atoms with Crippen molar-refractivity contribution in [3.8, 4) is 11.5 Å². The van der Waals surface area contributed by atoms with Gasteiger partial charge in [0.05, 0.1) is 5.69 Å². The van der Waals surface area contributed by atoms with Gasteiger partial charge >= 0.3 is 5.97 Å². The van der Waals surface area contributed by atoms with Crippen molar-refractivity contribution in [3.63, 3.8) is 0 Å². The number of carbonyl (C=O) groups excluding carboxylic acids is 1. The number of benzene rings is 4. The van der Waals surface area contributed by atoms with E-state index in [4.69, 9.17) is 4.84 Å². The topological polar surface area (TPSA) is 158 Å². The monoisotopic (exact) mass is 507 g/mol. The van der Waals surface area contributed by atoms with Crippen LogP contribution in [0.2, 0.25) is 0 Å². The number of azo groups is 1. The van der Waals surface area contributed by atoms with Crippen LogP contribution in [0.4, 0.5) is 17.1 Å². The van der Waals surface area contributed by atoms with E-state index in [0.717, 1.165) is 23.3 Å². The standard InChI is InChI=1S/C25H21N3O7S/c1-14-10-11-19(15(2)12-14)28-35-25(31)18-13-16-6-3-4-7-17(16)22(24(18)30)26-27-23-20(29)8-5-9-21(23)36(32,33)34/h3-13,28-30H,1-2H3,(H,32,33,34). The zero-order chi connectivity index (χ0) is 26.0. The fourth-order valence-electron chi connectivity index (χ4n) is 3.58. The van der Waals surface area contributed by atoms with E-state index in [1.165, 1.54) is 12.1 Å². The molecule has 10 nitrogen and oxygen atoms in total. The lowest BCUT2D eigenvalue weighted by molar-refractivity contribution is 0.0593. The summed E-state index contributed by atoms with van der Waals surface area (Å²) < 4.78 is 32.9. The number of phenols is 2. The maximum Gasteiger partial charge on any atom is 0.366 e. The normalized spacial score (nSPS) is 11.6. The Morgan fingerprint density at radius 1 is 0.917 bits per heavy atom. The Kier molecular flexibility index (Phi) is 6.60. The molecule has 0 unspecified atom stereocenters. The van der Waals surface area contributed by atoms with E-state index < -0.39 is 38.2 Å². The number of hydrogen-bond acceptors (Lipinski definition) is 9. The fraction of sp³-hybridized carbons (Fsp3) is 0.0800. The van der Waals surface area contributed by atoms with Gasteiger partial charge < -0.3 is 15.1 Å². The lowest BCUT2D eigenvalue weighted by Gasteiger charge is -2.12. The lowest BCUT2D eigenvalue weighted by atomic mass is 10.0. The van der Waals surface area contributed by atoms with Gasteiger partial charge in [0.1, 0.15) is 27.6 Å². The highest BCUT2D eigenvalue weighted by atomic mass is 32.2. The van der Waals surface area contributed by atoms with E-state index in [0.29, 0.717) is 16.5 Å². The molecule has 0 atom stereocenters. The van der Waals surface area contributed by atoms with Crippen LogP contribution in [0.5, 0.6) is 11.5 Å². The van der Waals surface area contributed by atoms with Crippen LogP contribution in [-0.2, 0) is 15.0 Å². The molecule has 4 aromatic rings. The highest BCUT2D eigenvalue weighted by molar-refractivity contribution is 7.86. The van der Waals surface area contributed by atoms with Crippen LogP contribution in [0.25, 0.3) is 10.8 Å². The first kappa shape index (κ1) is 24.6. The summed E-state index contributed by atoms with van der Waals surface area (Å²) in [6, 6.07) is 17.0. The second-order valence-corrected chi connectivity index (χ2v) is 9.34. The molecule has 4 N–H and O–H groups in total. The second-order valence-electron chi connectivity index (χ2n) is 7.95. The van der Waals surface area contributed by atoms with Gasteiger partial charge in [0.15, 0.2) is 5.75 Å². The van der Waals surface area contributed by atoms with E-state index >= 15 is 0 Å². The molecule has 0 saturated heterocycles. The molecule has 0 saturated carbocycles. The van der Waals surface area contributed by atoms with Crippen molar-refractivity contribution in [3.05, 3.63) is 83.4 Å². The number of fused-ring (bicyclic) bond motifs is 1. The van der Waals surface area contributed by atoms with Gasteiger partial charge in [-0.3, -0.25) is 4.55 Å². The molecular weight excluding hydrogens is 486 g/mol. The van der Waals surface area contributed by atoms with Crippen LogP contribution < -0.4 is 5.48 Å². The predicted octanol–water partition coefficient (Wildman–Crippen LogP) is 5.71. The Labute approximate surface area is 206 Å². The molecule has 0 heterocycles.